The lowest BCUT2D eigenvalue weighted by atomic mass is 9.83. The Labute approximate surface area is 151 Å². The fourth-order valence-electron chi connectivity index (χ4n) is 2.48. The van der Waals surface area contributed by atoms with Gasteiger partial charge in [0.05, 0.1) is 0 Å². The minimum atomic E-state index is -5.78. The largest absolute Gasteiger partial charge is 0.428 e. The van der Waals surface area contributed by atoms with Gasteiger partial charge in [0.1, 0.15) is 0 Å². The molecule has 0 radical (unpaired) electrons. The average molecular weight is 393 g/mol. The number of halogens is 6. The molecule has 26 heavy (non-hydrogen) atoms. The molecule has 0 amide bonds. The van der Waals surface area contributed by atoms with Crippen LogP contribution >= 0.6 is 11.6 Å². The van der Waals surface area contributed by atoms with Crippen LogP contribution in [0.1, 0.15) is 17.5 Å². The molecule has 2 aromatic rings. The monoisotopic (exact) mass is 392 g/mol. The number of aryl methyl sites for hydroxylation is 1. The van der Waals surface area contributed by atoms with Crippen LogP contribution in [0, 0.1) is 0 Å². The zero-order chi connectivity index (χ0) is 19.6. The van der Waals surface area contributed by atoms with Crippen LogP contribution in [-0.4, -0.2) is 23.0 Å². The molecule has 0 saturated heterocycles. The lowest BCUT2D eigenvalue weighted by Crippen LogP contribution is -2.59. The molecule has 0 aliphatic carbocycles. The summed E-state index contributed by atoms with van der Waals surface area (Å²) >= 11 is 5.55. The normalized spacial score (nSPS) is 14.7. The number of hydrogen-bond donors (Lipinski definition) is 1. The number of ketones is 1. The van der Waals surface area contributed by atoms with Crippen molar-refractivity contribution in [2.75, 3.05) is 0 Å². The molecule has 0 aromatic heterocycles. The summed E-state index contributed by atoms with van der Waals surface area (Å²) in [5.41, 5.74) is -5.30. The van der Waals surface area contributed by atoms with Gasteiger partial charge in [0.15, 0.2) is 0 Å². The van der Waals surface area contributed by atoms with Crippen molar-refractivity contribution in [1.82, 2.24) is 0 Å². The van der Waals surface area contributed by atoms with Crippen LogP contribution in [-0.2, 0) is 16.8 Å². The molecule has 0 aliphatic heterocycles. The molecule has 2 nitrogen and oxygen atoms in total. The maximum atomic E-state index is 14.5. The average Bonchev–Trinajstić information content (AvgIpc) is 2.59. The summed E-state index contributed by atoms with van der Waals surface area (Å²) in [6.45, 7) is 0. The second-order valence-electron chi connectivity index (χ2n) is 5.70. The van der Waals surface area contributed by atoms with Gasteiger partial charge in [-0.3, -0.25) is 4.79 Å². The molecule has 0 bridgehead atoms. The van der Waals surface area contributed by atoms with Crippen molar-refractivity contribution in [3.8, 4) is 0 Å². The van der Waals surface area contributed by atoms with Crippen molar-refractivity contribution in [3.05, 3.63) is 70.7 Å². The zero-order valence-electron chi connectivity index (χ0n) is 13.2. The van der Waals surface area contributed by atoms with E-state index >= 15 is 0 Å². The van der Waals surface area contributed by atoms with E-state index in [1.54, 1.807) is 30.3 Å². The highest BCUT2D eigenvalue weighted by Gasteiger charge is 2.72. The zero-order valence-corrected chi connectivity index (χ0v) is 14.0. The molecule has 0 fully saturated rings. The Morgan fingerprint density at radius 3 is 1.96 bits per heavy atom. The highest BCUT2D eigenvalue weighted by atomic mass is 35.5. The Hall–Kier alpha value is -1.99. The van der Waals surface area contributed by atoms with E-state index in [9.17, 15) is 31.9 Å². The first-order chi connectivity index (χ1) is 12.0. The van der Waals surface area contributed by atoms with Gasteiger partial charge in [-0.1, -0.05) is 54.1 Å². The fourth-order valence-corrected chi connectivity index (χ4v) is 2.60. The summed E-state index contributed by atoms with van der Waals surface area (Å²) in [4.78, 5) is 11.9. The standard InChI is InChI=1S/C18H14ClF5O2/c19-14-9-7-13(8-10-14)16(26,18(22,23)24)17(20,21)15(25)11-6-12-4-2-1-3-5-12/h1-5,7-10,26H,6,11H2. The van der Waals surface area contributed by atoms with Crippen LogP contribution in [0.2, 0.25) is 5.02 Å². The van der Waals surface area contributed by atoms with Crippen molar-refractivity contribution in [2.45, 2.75) is 30.5 Å². The fraction of sp³-hybridized carbons (Fsp3) is 0.278. The third kappa shape index (κ3) is 3.73. The molecule has 0 spiro atoms. The molecule has 0 heterocycles. The van der Waals surface area contributed by atoms with Crippen molar-refractivity contribution in [1.29, 1.82) is 0 Å². The van der Waals surface area contributed by atoms with Crippen molar-refractivity contribution in [2.24, 2.45) is 0 Å². The number of aliphatic hydroxyl groups is 1. The number of carbonyl (C=O) groups is 1. The van der Waals surface area contributed by atoms with Crippen molar-refractivity contribution in [3.63, 3.8) is 0 Å². The summed E-state index contributed by atoms with van der Waals surface area (Å²) in [6, 6.07) is 11.1. The molecule has 1 N–H and O–H groups in total. The lowest BCUT2D eigenvalue weighted by molar-refractivity contribution is -0.329. The van der Waals surface area contributed by atoms with Crippen LogP contribution in [0.3, 0.4) is 0 Å². The van der Waals surface area contributed by atoms with Crippen LogP contribution in [0.15, 0.2) is 54.6 Å². The minimum absolute atomic E-state index is 0.00278. The van der Waals surface area contributed by atoms with Gasteiger partial charge in [0, 0.05) is 11.4 Å². The maximum Gasteiger partial charge on any atom is 0.428 e. The number of hydrogen-bond acceptors (Lipinski definition) is 2. The number of alkyl halides is 5. The molecule has 2 rings (SSSR count). The minimum Gasteiger partial charge on any atom is -0.371 e. The van der Waals surface area contributed by atoms with E-state index in [-0.39, 0.29) is 11.4 Å². The van der Waals surface area contributed by atoms with Gasteiger partial charge >= 0.3 is 12.1 Å². The number of carbonyl (C=O) groups excluding carboxylic acids is 1. The Morgan fingerprint density at radius 2 is 1.46 bits per heavy atom. The molecule has 0 saturated carbocycles. The third-order valence-corrected chi connectivity index (χ3v) is 4.21. The molecule has 1 atom stereocenters. The highest BCUT2D eigenvalue weighted by molar-refractivity contribution is 6.30. The summed E-state index contributed by atoms with van der Waals surface area (Å²) in [6.07, 6.45) is -6.82. The first-order valence-corrected chi connectivity index (χ1v) is 7.88. The Balaban J connectivity index is 2.36. The SMILES string of the molecule is O=C(CCc1ccccc1)C(F)(F)C(O)(c1ccc(Cl)cc1)C(F)(F)F. The van der Waals surface area contributed by atoms with E-state index in [0.29, 0.717) is 17.7 Å². The quantitative estimate of drug-likeness (QED) is 0.708. The second kappa shape index (κ2) is 7.32. The predicted octanol–water partition coefficient (Wildman–Crippen LogP) is 4.93. The highest BCUT2D eigenvalue weighted by Crippen LogP contribution is 2.50. The topological polar surface area (TPSA) is 37.3 Å². The van der Waals surface area contributed by atoms with Gasteiger partial charge in [-0.15, -0.1) is 0 Å². The predicted molar refractivity (Wildman–Crippen MR) is 86.1 cm³/mol. The molecule has 1 unspecified atom stereocenters. The van der Waals surface area contributed by atoms with Crippen molar-refractivity contribution < 1.29 is 31.9 Å². The van der Waals surface area contributed by atoms with Gasteiger partial charge in [0.2, 0.25) is 5.78 Å². The first kappa shape index (κ1) is 20.3. The van der Waals surface area contributed by atoms with E-state index < -0.39 is 35.5 Å². The lowest BCUT2D eigenvalue weighted by Gasteiger charge is -2.36. The Kier molecular flexibility index (Phi) is 5.73. The van der Waals surface area contributed by atoms with E-state index in [1.807, 2.05) is 0 Å². The molecule has 140 valence electrons. The number of benzene rings is 2. The Morgan fingerprint density at radius 1 is 0.923 bits per heavy atom. The Bertz CT molecular complexity index is 759. The summed E-state index contributed by atoms with van der Waals surface area (Å²) in [5.74, 6) is -7.08. The van der Waals surface area contributed by atoms with Gasteiger partial charge in [-0.25, -0.2) is 0 Å². The van der Waals surface area contributed by atoms with E-state index in [0.717, 1.165) is 12.1 Å². The molecule has 0 aliphatic rings. The maximum absolute atomic E-state index is 14.5. The number of rotatable bonds is 6. The van der Waals surface area contributed by atoms with E-state index in [2.05, 4.69) is 0 Å². The smallest absolute Gasteiger partial charge is 0.371 e. The summed E-state index contributed by atoms with van der Waals surface area (Å²) < 4.78 is 69.2. The van der Waals surface area contributed by atoms with Crippen molar-refractivity contribution >= 4 is 17.4 Å². The van der Waals surface area contributed by atoms with Crippen LogP contribution in [0.5, 0.6) is 0 Å². The third-order valence-electron chi connectivity index (χ3n) is 3.96. The van der Waals surface area contributed by atoms with Gasteiger partial charge in [0.25, 0.3) is 5.60 Å². The summed E-state index contributed by atoms with van der Waals surface area (Å²) in [5, 5.41) is 9.96. The van der Waals surface area contributed by atoms with Gasteiger partial charge < -0.3 is 5.11 Å². The van der Waals surface area contributed by atoms with E-state index in [1.165, 1.54) is 0 Å². The molecule has 8 heteroatoms. The molecular weight excluding hydrogens is 379 g/mol. The van der Waals surface area contributed by atoms with Crippen LogP contribution in [0.25, 0.3) is 0 Å². The molecular formula is C18H14ClF5O2. The van der Waals surface area contributed by atoms with Crippen LogP contribution < -0.4 is 0 Å². The first-order valence-electron chi connectivity index (χ1n) is 7.50. The number of Topliss-reactive ketones (excluding diaryl/α,β-unsaturated/α-hetero) is 1. The van der Waals surface area contributed by atoms with E-state index in [4.69, 9.17) is 11.6 Å². The van der Waals surface area contributed by atoms with Crippen LogP contribution in [0.4, 0.5) is 22.0 Å². The van der Waals surface area contributed by atoms with Gasteiger partial charge in [-0.2, -0.15) is 22.0 Å². The summed E-state index contributed by atoms with van der Waals surface area (Å²) in [7, 11) is 0. The van der Waals surface area contributed by atoms with Gasteiger partial charge in [-0.05, 0) is 29.7 Å². The molecule has 2 aromatic carbocycles. The second-order valence-corrected chi connectivity index (χ2v) is 6.13.